The summed E-state index contributed by atoms with van der Waals surface area (Å²) in [6, 6.07) is 12.7. The Kier molecular flexibility index (Phi) is 8.85. The van der Waals surface area contributed by atoms with Crippen molar-refractivity contribution < 1.29 is 0 Å². The SMILES string of the molecule is CCNCC1CCN(Cc2ccc3ccccc3n2)CC1.Cl.Cl. The van der Waals surface area contributed by atoms with E-state index in [1.807, 2.05) is 0 Å². The molecule has 0 amide bonds. The van der Waals surface area contributed by atoms with Crippen molar-refractivity contribution in [2.45, 2.75) is 26.3 Å². The van der Waals surface area contributed by atoms with Crippen molar-refractivity contribution >= 4 is 35.7 Å². The number of nitrogens with zero attached hydrogens (tertiary/aromatic N) is 2. The Morgan fingerprint density at radius 3 is 2.57 bits per heavy atom. The van der Waals surface area contributed by atoms with Gasteiger partial charge in [0.25, 0.3) is 0 Å². The van der Waals surface area contributed by atoms with Crippen LogP contribution < -0.4 is 5.32 Å². The predicted molar refractivity (Wildman–Crippen MR) is 103 cm³/mol. The molecule has 3 nitrogen and oxygen atoms in total. The van der Waals surface area contributed by atoms with Crippen LogP contribution in [-0.4, -0.2) is 36.1 Å². The molecule has 1 fully saturated rings. The quantitative estimate of drug-likeness (QED) is 0.881. The summed E-state index contributed by atoms with van der Waals surface area (Å²) < 4.78 is 0. The Labute approximate surface area is 151 Å². The molecule has 2 heterocycles. The van der Waals surface area contributed by atoms with Gasteiger partial charge >= 0.3 is 0 Å². The molecule has 0 saturated carbocycles. The summed E-state index contributed by atoms with van der Waals surface area (Å²) in [5, 5.41) is 4.70. The average molecular weight is 356 g/mol. The zero-order chi connectivity index (χ0) is 14.5. The van der Waals surface area contributed by atoms with Crippen LogP contribution in [0, 0.1) is 5.92 Å². The number of nitrogens with one attached hydrogen (secondary N) is 1. The Morgan fingerprint density at radius 2 is 1.83 bits per heavy atom. The van der Waals surface area contributed by atoms with Crippen molar-refractivity contribution in [1.29, 1.82) is 0 Å². The molecule has 3 rings (SSSR count). The molecule has 1 N–H and O–H groups in total. The van der Waals surface area contributed by atoms with Gasteiger partial charge in [0.05, 0.1) is 11.2 Å². The van der Waals surface area contributed by atoms with Crippen LogP contribution in [0.2, 0.25) is 0 Å². The van der Waals surface area contributed by atoms with E-state index in [2.05, 4.69) is 53.5 Å². The zero-order valence-electron chi connectivity index (χ0n) is 13.7. The predicted octanol–water partition coefficient (Wildman–Crippen LogP) is 3.90. The van der Waals surface area contributed by atoms with E-state index in [0.717, 1.165) is 24.5 Å². The molecule has 128 valence electrons. The fourth-order valence-corrected chi connectivity index (χ4v) is 3.12. The Morgan fingerprint density at radius 1 is 1.09 bits per heavy atom. The van der Waals surface area contributed by atoms with Gasteiger partial charge in [-0.25, -0.2) is 0 Å². The number of fused-ring (bicyclic) bond motifs is 1. The van der Waals surface area contributed by atoms with Gasteiger partial charge < -0.3 is 5.32 Å². The third-order valence-electron chi connectivity index (χ3n) is 4.43. The lowest BCUT2D eigenvalue weighted by molar-refractivity contribution is 0.174. The number of piperidine rings is 1. The van der Waals surface area contributed by atoms with Crippen molar-refractivity contribution in [1.82, 2.24) is 15.2 Å². The van der Waals surface area contributed by atoms with Crippen molar-refractivity contribution in [3.8, 4) is 0 Å². The van der Waals surface area contributed by atoms with Gasteiger partial charge in [-0.05, 0) is 57.1 Å². The maximum atomic E-state index is 4.78. The minimum absolute atomic E-state index is 0. The van der Waals surface area contributed by atoms with Crippen molar-refractivity contribution in [3.63, 3.8) is 0 Å². The fourth-order valence-electron chi connectivity index (χ4n) is 3.12. The number of para-hydroxylation sites is 1. The van der Waals surface area contributed by atoms with Gasteiger partial charge in [-0.3, -0.25) is 9.88 Å². The number of pyridine rings is 1. The first-order chi connectivity index (χ1) is 10.3. The van der Waals surface area contributed by atoms with Crippen LogP contribution in [0.5, 0.6) is 0 Å². The molecule has 0 atom stereocenters. The van der Waals surface area contributed by atoms with Crippen LogP contribution in [0.1, 0.15) is 25.5 Å². The topological polar surface area (TPSA) is 28.2 Å². The first-order valence-electron chi connectivity index (χ1n) is 8.13. The lowest BCUT2D eigenvalue weighted by Gasteiger charge is -2.31. The molecular formula is C18H27Cl2N3. The van der Waals surface area contributed by atoms with Crippen LogP contribution >= 0.6 is 24.8 Å². The summed E-state index contributed by atoms with van der Waals surface area (Å²) in [5.74, 6) is 0.853. The molecule has 0 aliphatic carbocycles. The third kappa shape index (κ3) is 5.61. The van der Waals surface area contributed by atoms with Gasteiger partial charge in [0.1, 0.15) is 0 Å². The second-order valence-electron chi connectivity index (χ2n) is 6.02. The average Bonchev–Trinajstić information content (AvgIpc) is 2.54. The van der Waals surface area contributed by atoms with Crippen LogP contribution in [0.25, 0.3) is 10.9 Å². The molecule has 1 aliphatic heterocycles. The molecule has 0 spiro atoms. The highest BCUT2D eigenvalue weighted by atomic mass is 35.5. The zero-order valence-corrected chi connectivity index (χ0v) is 15.3. The maximum absolute atomic E-state index is 4.78. The van der Waals surface area contributed by atoms with Gasteiger partial charge in [0.2, 0.25) is 0 Å². The van der Waals surface area contributed by atoms with Gasteiger partial charge in [-0.1, -0.05) is 31.2 Å². The number of rotatable bonds is 5. The van der Waals surface area contributed by atoms with Crippen LogP contribution in [0.4, 0.5) is 0 Å². The standard InChI is InChI=1S/C18H25N3.2ClH/c1-2-19-13-15-9-11-21(12-10-15)14-17-8-7-16-5-3-4-6-18(16)20-17;;/h3-8,15,19H,2,9-14H2,1H3;2*1H. The monoisotopic (exact) mass is 355 g/mol. The summed E-state index contributed by atoms with van der Waals surface area (Å²) in [4.78, 5) is 7.33. The molecule has 1 aromatic heterocycles. The molecule has 0 radical (unpaired) electrons. The molecule has 23 heavy (non-hydrogen) atoms. The van der Waals surface area contributed by atoms with Gasteiger partial charge in [0.15, 0.2) is 0 Å². The third-order valence-corrected chi connectivity index (χ3v) is 4.43. The molecule has 1 aromatic carbocycles. The van der Waals surface area contributed by atoms with E-state index in [0.29, 0.717) is 0 Å². The van der Waals surface area contributed by atoms with Gasteiger partial charge in [0, 0.05) is 11.9 Å². The van der Waals surface area contributed by atoms with E-state index in [1.54, 1.807) is 0 Å². The summed E-state index contributed by atoms with van der Waals surface area (Å²) in [6.45, 7) is 7.83. The molecule has 0 bridgehead atoms. The number of halogens is 2. The van der Waals surface area contributed by atoms with Crippen molar-refractivity contribution in [2.75, 3.05) is 26.2 Å². The minimum atomic E-state index is 0. The van der Waals surface area contributed by atoms with E-state index in [1.165, 1.54) is 43.6 Å². The molecular weight excluding hydrogens is 329 g/mol. The Hall–Kier alpha value is -0.870. The van der Waals surface area contributed by atoms with Crippen LogP contribution in [-0.2, 0) is 6.54 Å². The first kappa shape index (κ1) is 20.2. The highest BCUT2D eigenvalue weighted by Gasteiger charge is 2.19. The van der Waals surface area contributed by atoms with Gasteiger partial charge in [-0.15, -0.1) is 24.8 Å². The molecule has 2 aromatic rings. The number of likely N-dealkylation sites (tertiary alicyclic amines) is 1. The van der Waals surface area contributed by atoms with E-state index in [9.17, 15) is 0 Å². The summed E-state index contributed by atoms with van der Waals surface area (Å²) in [7, 11) is 0. The number of aromatic nitrogens is 1. The Balaban J connectivity index is 0.00000132. The minimum Gasteiger partial charge on any atom is -0.317 e. The maximum Gasteiger partial charge on any atom is 0.0705 e. The summed E-state index contributed by atoms with van der Waals surface area (Å²) in [6.07, 6.45) is 2.61. The molecule has 5 heteroatoms. The fraction of sp³-hybridized carbons (Fsp3) is 0.500. The number of hydrogen-bond donors (Lipinski definition) is 1. The normalized spacial score (nSPS) is 15.9. The van der Waals surface area contributed by atoms with E-state index < -0.39 is 0 Å². The smallest absolute Gasteiger partial charge is 0.0705 e. The van der Waals surface area contributed by atoms with Crippen molar-refractivity contribution in [2.24, 2.45) is 5.92 Å². The highest BCUT2D eigenvalue weighted by Crippen LogP contribution is 2.19. The molecule has 1 aliphatic rings. The second-order valence-corrected chi connectivity index (χ2v) is 6.02. The molecule has 1 saturated heterocycles. The highest BCUT2D eigenvalue weighted by molar-refractivity contribution is 5.85. The Bertz CT molecular complexity index is 583. The van der Waals surface area contributed by atoms with E-state index in [4.69, 9.17) is 4.98 Å². The largest absolute Gasteiger partial charge is 0.317 e. The van der Waals surface area contributed by atoms with Crippen LogP contribution in [0.15, 0.2) is 36.4 Å². The molecule has 0 unspecified atom stereocenters. The number of hydrogen-bond acceptors (Lipinski definition) is 3. The van der Waals surface area contributed by atoms with E-state index in [-0.39, 0.29) is 24.8 Å². The van der Waals surface area contributed by atoms with Crippen molar-refractivity contribution in [3.05, 3.63) is 42.1 Å². The lowest BCUT2D eigenvalue weighted by Crippen LogP contribution is -2.37. The van der Waals surface area contributed by atoms with E-state index >= 15 is 0 Å². The summed E-state index contributed by atoms with van der Waals surface area (Å²) in [5.41, 5.74) is 2.30. The second kappa shape index (κ2) is 10.1. The summed E-state index contributed by atoms with van der Waals surface area (Å²) >= 11 is 0. The lowest BCUT2D eigenvalue weighted by atomic mass is 9.96. The number of benzene rings is 1. The van der Waals surface area contributed by atoms with Gasteiger partial charge in [-0.2, -0.15) is 0 Å². The first-order valence-corrected chi connectivity index (χ1v) is 8.13. The van der Waals surface area contributed by atoms with Crippen LogP contribution in [0.3, 0.4) is 0 Å².